The Morgan fingerprint density at radius 3 is 2.46 bits per heavy atom. The zero-order valence-electron chi connectivity index (χ0n) is 19.6. The number of hydrogen-bond donors (Lipinski definition) is 2. The van der Waals surface area contributed by atoms with Gasteiger partial charge in [0.15, 0.2) is 12.4 Å². The van der Waals surface area contributed by atoms with Gasteiger partial charge in [0.1, 0.15) is 11.8 Å². The number of benzene rings is 2. The average molecular weight is 475 g/mol. The van der Waals surface area contributed by atoms with Gasteiger partial charge in [-0.25, -0.2) is 0 Å². The highest BCUT2D eigenvalue weighted by Gasteiger charge is 2.25. The van der Waals surface area contributed by atoms with Crippen molar-refractivity contribution in [2.45, 2.75) is 33.4 Å². The fourth-order valence-electron chi connectivity index (χ4n) is 3.39. The number of carbonyl (C=O) groups is 2. The SMILES string of the molecule is Cc1ccccc1-c1nnc(COc2ccc(NC(=O)C(NC(=O)c3ccco3)C(C)C)cc2)o1. The molecule has 0 saturated heterocycles. The van der Waals surface area contributed by atoms with E-state index in [1.54, 1.807) is 36.4 Å². The monoisotopic (exact) mass is 474 g/mol. The molecule has 180 valence electrons. The molecule has 0 saturated carbocycles. The van der Waals surface area contributed by atoms with E-state index in [4.69, 9.17) is 13.6 Å². The molecule has 4 rings (SSSR count). The van der Waals surface area contributed by atoms with E-state index >= 15 is 0 Å². The van der Waals surface area contributed by atoms with Gasteiger partial charge < -0.3 is 24.2 Å². The minimum absolute atomic E-state index is 0.110. The molecule has 0 bridgehead atoms. The van der Waals surface area contributed by atoms with Gasteiger partial charge in [0.05, 0.1) is 6.26 Å². The van der Waals surface area contributed by atoms with Crippen molar-refractivity contribution in [1.29, 1.82) is 0 Å². The van der Waals surface area contributed by atoms with Gasteiger partial charge in [0, 0.05) is 11.3 Å². The van der Waals surface area contributed by atoms with Crippen LogP contribution in [0, 0.1) is 12.8 Å². The maximum atomic E-state index is 12.8. The summed E-state index contributed by atoms with van der Waals surface area (Å²) < 4.78 is 16.5. The van der Waals surface area contributed by atoms with Crippen LogP contribution in [0.2, 0.25) is 0 Å². The lowest BCUT2D eigenvalue weighted by Gasteiger charge is -2.21. The summed E-state index contributed by atoms with van der Waals surface area (Å²) in [6, 6.07) is 17.1. The van der Waals surface area contributed by atoms with Gasteiger partial charge in [-0.3, -0.25) is 9.59 Å². The summed E-state index contributed by atoms with van der Waals surface area (Å²) in [6.07, 6.45) is 1.41. The van der Waals surface area contributed by atoms with Crippen LogP contribution in [0.4, 0.5) is 5.69 Å². The van der Waals surface area contributed by atoms with Crippen LogP contribution in [0.1, 0.15) is 35.9 Å². The summed E-state index contributed by atoms with van der Waals surface area (Å²) in [4.78, 5) is 25.1. The van der Waals surface area contributed by atoms with E-state index in [2.05, 4.69) is 20.8 Å². The molecule has 0 spiro atoms. The molecule has 0 aliphatic rings. The standard InChI is InChI=1S/C26H26N4O5/c1-16(2)23(28-24(31)21-9-6-14-33-21)25(32)27-18-10-12-19(13-11-18)34-15-22-29-30-26(35-22)20-8-5-4-7-17(20)3/h4-14,16,23H,15H2,1-3H3,(H,27,32)(H,28,31). The molecule has 0 aliphatic heterocycles. The summed E-state index contributed by atoms with van der Waals surface area (Å²) in [6.45, 7) is 5.79. The molecule has 2 heterocycles. The Bertz CT molecular complexity index is 1280. The smallest absolute Gasteiger partial charge is 0.287 e. The number of carbonyl (C=O) groups excluding carboxylic acids is 2. The number of aryl methyl sites for hydroxylation is 1. The Hall–Kier alpha value is -4.40. The van der Waals surface area contributed by atoms with E-state index in [1.807, 2.05) is 45.0 Å². The fourth-order valence-corrected chi connectivity index (χ4v) is 3.39. The summed E-state index contributed by atoms with van der Waals surface area (Å²) in [7, 11) is 0. The predicted octanol–water partition coefficient (Wildman–Crippen LogP) is 4.61. The number of rotatable bonds is 9. The first-order valence-electron chi connectivity index (χ1n) is 11.2. The van der Waals surface area contributed by atoms with Gasteiger partial charge in [-0.2, -0.15) is 0 Å². The number of furan rings is 1. The number of amides is 2. The van der Waals surface area contributed by atoms with Gasteiger partial charge in [-0.05, 0) is 60.9 Å². The quantitative estimate of drug-likeness (QED) is 0.363. The molecule has 1 atom stereocenters. The molecule has 4 aromatic rings. The van der Waals surface area contributed by atoms with Crippen LogP contribution in [-0.2, 0) is 11.4 Å². The first-order chi connectivity index (χ1) is 16.9. The van der Waals surface area contributed by atoms with Gasteiger partial charge in [0.2, 0.25) is 11.8 Å². The van der Waals surface area contributed by atoms with Gasteiger partial charge in [-0.15, -0.1) is 10.2 Å². The van der Waals surface area contributed by atoms with Crippen LogP contribution >= 0.6 is 0 Å². The number of ether oxygens (including phenoxy) is 1. The molecule has 2 aromatic carbocycles. The Balaban J connectivity index is 1.32. The highest BCUT2D eigenvalue weighted by molar-refractivity contribution is 6.00. The Morgan fingerprint density at radius 1 is 1.00 bits per heavy atom. The van der Waals surface area contributed by atoms with Crippen LogP contribution in [0.3, 0.4) is 0 Å². The zero-order valence-corrected chi connectivity index (χ0v) is 19.6. The van der Waals surface area contributed by atoms with Crippen molar-refractivity contribution in [3.05, 3.63) is 84.1 Å². The molecule has 9 nitrogen and oxygen atoms in total. The summed E-state index contributed by atoms with van der Waals surface area (Å²) >= 11 is 0. The Morgan fingerprint density at radius 2 is 1.77 bits per heavy atom. The second-order valence-corrected chi connectivity index (χ2v) is 8.29. The molecule has 35 heavy (non-hydrogen) atoms. The van der Waals surface area contributed by atoms with E-state index in [0.717, 1.165) is 11.1 Å². The first-order valence-corrected chi connectivity index (χ1v) is 11.2. The molecular formula is C26H26N4O5. The molecule has 1 unspecified atom stereocenters. The third-order valence-corrected chi connectivity index (χ3v) is 5.31. The number of aromatic nitrogens is 2. The first kappa shape index (κ1) is 23.7. The summed E-state index contributed by atoms with van der Waals surface area (Å²) in [5.74, 6) is 0.617. The molecule has 9 heteroatoms. The van der Waals surface area contributed by atoms with Crippen LogP contribution in [0.5, 0.6) is 5.75 Å². The molecular weight excluding hydrogens is 448 g/mol. The molecule has 0 radical (unpaired) electrons. The minimum atomic E-state index is -0.733. The lowest BCUT2D eigenvalue weighted by Crippen LogP contribution is -2.47. The van der Waals surface area contributed by atoms with Crippen molar-refractivity contribution in [2.24, 2.45) is 5.92 Å². The van der Waals surface area contributed by atoms with Crippen LogP contribution in [0.25, 0.3) is 11.5 Å². The van der Waals surface area contributed by atoms with Crippen molar-refractivity contribution in [3.8, 4) is 17.2 Å². The summed E-state index contributed by atoms with van der Waals surface area (Å²) in [5.41, 5.74) is 2.49. The fraction of sp³-hybridized carbons (Fsp3) is 0.231. The second-order valence-electron chi connectivity index (χ2n) is 8.29. The van der Waals surface area contributed by atoms with E-state index in [0.29, 0.717) is 23.2 Å². The topological polar surface area (TPSA) is 119 Å². The number of hydrogen-bond acceptors (Lipinski definition) is 7. The summed E-state index contributed by atoms with van der Waals surface area (Å²) in [5, 5.41) is 13.7. The van der Waals surface area contributed by atoms with E-state index < -0.39 is 11.9 Å². The van der Waals surface area contributed by atoms with Crippen molar-refractivity contribution in [2.75, 3.05) is 5.32 Å². The largest absolute Gasteiger partial charge is 0.484 e. The molecule has 2 N–H and O–H groups in total. The van der Waals surface area contributed by atoms with Crippen LogP contribution < -0.4 is 15.4 Å². The highest BCUT2D eigenvalue weighted by Crippen LogP contribution is 2.23. The maximum absolute atomic E-state index is 12.8. The van der Waals surface area contributed by atoms with Crippen LogP contribution in [0.15, 0.2) is 75.8 Å². The Labute approximate surface area is 202 Å². The van der Waals surface area contributed by atoms with E-state index in [-0.39, 0.29) is 24.2 Å². The van der Waals surface area contributed by atoms with E-state index in [1.165, 1.54) is 6.26 Å². The normalized spacial score (nSPS) is 11.8. The number of anilines is 1. The number of nitrogens with one attached hydrogen (secondary N) is 2. The van der Waals surface area contributed by atoms with Gasteiger partial charge in [0.25, 0.3) is 11.8 Å². The molecule has 2 amide bonds. The van der Waals surface area contributed by atoms with Crippen molar-refractivity contribution >= 4 is 17.5 Å². The number of nitrogens with zero attached hydrogens (tertiary/aromatic N) is 2. The van der Waals surface area contributed by atoms with E-state index in [9.17, 15) is 9.59 Å². The Kier molecular flexibility index (Phi) is 7.25. The molecule has 0 fully saturated rings. The zero-order chi connectivity index (χ0) is 24.8. The molecule has 0 aliphatic carbocycles. The van der Waals surface area contributed by atoms with Crippen molar-refractivity contribution in [1.82, 2.24) is 15.5 Å². The van der Waals surface area contributed by atoms with Gasteiger partial charge >= 0.3 is 0 Å². The third-order valence-electron chi connectivity index (χ3n) is 5.31. The minimum Gasteiger partial charge on any atom is -0.484 e. The van der Waals surface area contributed by atoms with Crippen LogP contribution in [-0.4, -0.2) is 28.1 Å². The lowest BCUT2D eigenvalue weighted by molar-refractivity contribution is -0.118. The molecule has 2 aromatic heterocycles. The third kappa shape index (κ3) is 5.94. The predicted molar refractivity (Wildman–Crippen MR) is 129 cm³/mol. The van der Waals surface area contributed by atoms with Crippen molar-refractivity contribution in [3.63, 3.8) is 0 Å². The second kappa shape index (κ2) is 10.7. The van der Waals surface area contributed by atoms with Gasteiger partial charge in [-0.1, -0.05) is 32.0 Å². The average Bonchev–Trinajstić information content (AvgIpc) is 3.55. The maximum Gasteiger partial charge on any atom is 0.287 e. The van der Waals surface area contributed by atoms with Crippen molar-refractivity contribution < 1.29 is 23.2 Å². The lowest BCUT2D eigenvalue weighted by atomic mass is 10.0. The highest BCUT2D eigenvalue weighted by atomic mass is 16.5.